The van der Waals surface area contributed by atoms with Gasteiger partial charge in [0, 0.05) is 29.9 Å². The van der Waals surface area contributed by atoms with Crippen molar-refractivity contribution in [3.8, 4) is 0 Å². The number of nitrogens with zero attached hydrogens (tertiary/aromatic N) is 2. The van der Waals surface area contributed by atoms with Gasteiger partial charge >= 0.3 is 0 Å². The van der Waals surface area contributed by atoms with E-state index in [-0.39, 0.29) is 0 Å². The second kappa shape index (κ2) is 5.67. The maximum absolute atomic E-state index is 6.27. The van der Waals surface area contributed by atoms with Crippen LogP contribution in [0.25, 0.3) is 0 Å². The minimum absolute atomic E-state index is 0.311. The molecule has 1 aliphatic rings. The van der Waals surface area contributed by atoms with Gasteiger partial charge in [0.1, 0.15) is 0 Å². The maximum Gasteiger partial charge on any atom is 0.0951 e. The first-order valence-electron chi connectivity index (χ1n) is 7.05. The largest absolute Gasteiger partial charge is 0.330 e. The number of aromatic nitrogens is 2. The van der Waals surface area contributed by atoms with Crippen molar-refractivity contribution in [2.45, 2.75) is 70.4 Å². The van der Waals surface area contributed by atoms with Gasteiger partial charge in [-0.05, 0) is 25.7 Å². The van der Waals surface area contributed by atoms with E-state index >= 15 is 0 Å². The Labute approximate surface area is 104 Å². The van der Waals surface area contributed by atoms with E-state index in [0.717, 1.165) is 6.42 Å². The Morgan fingerprint density at radius 3 is 2.71 bits per heavy atom. The third-order valence-electron chi connectivity index (χ3n) is 4.24. The molecule has 0 radical (unpaired) electrons. The van der Waals surface area contributed by atoms with Gasteiger partial charge < -0.3 is 10.3 Å². The van der Waals surface area contributed by atoms with Crippen LogP contribution in [0.15, 0.2) is 12.5 Å². The number of rotatable bonds is 4. The van der Waals surface area contributed by atoms with Crippen LogP contribution in [0.2, 0.25) is 0 Å². The highest BCUT2D eigenvalue weighted by Gasteiger charge is 2.26. The van der Waals surface area contributed by atoms with Crippen LogP contribution in [0.3, 0.4) is 0 Å². The first-order chi connectivity index (χ1) is 8.27. The van der Waals surface area contributed by atoms with E-state index in [1.807, 2.05) is 12.5 Å². The lowest BCUT2D eigenvalue weighted by Gasteiger charge is -2.32. The number of hydrogen-bond acceptors (Lipinski definition) is 2. The van der Waals surface area contributed by atoms with E-state index in [2.05, 4.69) is 23.4 Å². The zero-order valence-corrected chi connectivity index (χ0v) is 11.1. The third-order valence-corrected chi connectivity index (χ3v) is 4.24. The van der Waals surface area contributed by atoms with Gasteiger partial charge in [-0.1, -0.05) is 26.7 Å². The van der Waals surface area contributed by atoms with Crippen LogP contribution in [0.5, 0.6) is 0 Å². The average molecular weight is 235 g/mol. The Morgan fingerprint density at radius 2 is 2.06 bits per heavy atom. The molecule has 0 unspecified atom stereocenters. The van der Waals surface area contributed by atoms with Gasteiger partial charge in [0.25, 0.3) is 0 Å². The summed E-state index contributed by atoms with van der Waals surface area (Å²) in [7, 11) is 0. The number of nitrogens with two attached hydrogens (primary N) is 1. The topological polar surface area (TPSA) is 43.8 Å². The Balaban J connectivity index is 2.22. The number of imidazole rings is 1. The van der Waals surface area contributed by atoms with Crippen LogP contribution < -0.4 is 5.73 Å². The fourth-order valence-electron chi connectivity index (χ4n) is 3.10. The first kappa shape index (κ1) is 12.6. The molecule has 3 nitrogen and oxygen atoms in total. The van der Waals surface area contributed by atoms with E-state index in [1.54, 1.807) is 0 Å². The van der Waals surface area contributed by atoms with Crippen LogP contribution in [-0.4, -0.2) is 15.6 Å². The van der Waals surface area contributed by atoms with Crippen LogP contribution in [0.4, 0.5) is 0 Å². The molecule has 1 heterocycles. The summed E-state index contributed by atoms with van der Waals surface area (Å²) < 4.78 is 2.36. The smallest absolute Gasteiger partial charge is 0.0951 e. The summed E-state index contributed by atoms with van der Waals surface area (Å²) in [5.41, 5.74) is 7.66. The molecule has 2 N–H and O–H groups in total. The van der Waals surface area contributed by atoms with Crippen molar-refractivity contribution in [3.63, 3.8) is 0 Å². The van der Waals surface area contributed by atoms with Crippen LogP contribution in [0.1, 0.15) is 70.0 Å². The van der Waals surface area contributed by atoms with E-state index in [0.29, 0.717) is 18.0 Å². The molecule has 0 amide bonds. The molecule has 1 fully saturated rings. The van der Waals surface area contributed by atoms with Gasteiger partial charge in [-0.15, -0.1) is 0 Å². The molecule has 0 aromatic carbocycles. The molecule has 96 valence electrons. The molecule has 1 aromatic rings. The van der Waals surface area contributed by atoms with Gasteiger partial charge in [-0.3, -0.25) is 0 Å². The van der Waals surface area contributed by atoms with Crippen LogP contribution in [0, 0.1) is 0 Å². The van der Waals surface area contributed by atoms with Gasteiger partial charge in [-0.25, -0.2) is 4.98 Å². The number of hydrogen-bond donors (Lipinski definition) is 1. The summed E-state index contributed by atoms with van der Waals surface area (Å²) in [6.45, 7) is 4.51. The first-order valence-corrected chi connectivity index (χ1v) is 7.05. The van der Waals surface area contributed by atoms with E-state index in [9.17, 15) is 0 Å². The van der Waals surface area contributed by atoms with Gasteiger partial charge in [0.15, 0.2) is 0 Å². The molecule has 1 aromatic heterocycles. The second-order valence-corrected chi connectivity index (χ2v) is 5.25. The van der Waals surface area contributed by atoms with Crippen molar-refractivity contribution in [1.82, 2.24) is 9.55 Å². The summed E-state index contributed by atoms with van der Waals surface area (Å²) in [6.07, 6.45) is 11.4. The van der Waals surface area contributed by atoms with Gasteiger partial charge in [0.05, 0.1) is 6.33 Å². The average Bonchev–Trinajstić information content (AvgIpc) is 2.80. The van der Waals surface area contributed by atoms with Crippen molar-refractivity contribution >= 4 is 0 Å². The van der Waals surface area contributed by atoms with Crippen molar-refractivity contribution in [1.29, 1.82) is 0 Å². The molecule has 0 bridgehead atoms. The highest BCUT2D eigenvalue weighted by Crippen LogP contribution is 2.32. The summed E-state index contributed by atoms with van der Waals surface area (Å²) in [5, 5.41) is 0. The minimum Gasteiger partial charge on any atom is -0.330 e. The fraction of sp³-hybridized carbons (Fsp3) is 0.786. The monoisotopic (exact) mass is 235 g/mol. The van der Waals surface area contributed by atoms with Gasteiger partial charge in [-0.2, -0.15) is 0 Å². The lowest BCUT2D eigenvalue weighted by Crippen LogP contribution is -2.35. The molecule has 1 saturated carbocycles. The quantitative estimate of drug-likeness (QED) is 0.870. The van der Waals surface area contributed by atoms with E-state index in [1.165, 1.54) is 37.8 Å². The predicted molar refractivity (Wildman–Crippen MR) is 71.0 cm³/mol. The molecule has 1 aliphatic carbocycles. The lowest BCUT2D eigenvalue weighted by atomic mass is 9.89. The molecule has 0 aliphatic heterocycles. The fourth-order valence-corrected chi connectivity index (χ4v) is 3.10. The predicted octanol–water partition coefficient (Wildman–Crippen LogP) is 3.23. The minimum atomic E-state index is 0.311. The highest BCUT2D eigenvalue weighted by atomic mass is 15.1. The summed E-state index contributed by atoms with van der Waals surface area (Å²) in [5.74, 6) is 0.631. The van der Waals surface area contributed by atoms with Crippen molar-refractivity contribution in [3.05, 3.63) is 18.2 Å². The van der Waals surface area contributed by atoms with E-state index < -0.39 is 0 Å². The molecule has 17 heavy (non-hydrogen) atoms. The summed E-state index contributed by atoms with van der Waals surface area (Å²) in [4.78, 5) is 4.36. The van der Waals surface area contributed by atoms with Crippen LogP contribution >= 0.6 is 0 Å². The molecule has 2 atom stereocenters. The van der Waals surface area contributed by atoms with Gasteiger partial charge in [0.2, 0.25) is 0 Å². The molecular weight excluding hydrogens is 210 g/mol. The maximum atomic E-state index is 6.27. The molecular formula is C14H25N3. The van der Waals surface area contributed by atoms with Crippen molar-refractivity contribution in [2.24, 2.45) is 5.73 Å². The third kappa shape index (κ3) is 2.54. The Hall–Kier alpha value is -0.830. The SMILES string of the molecule is CCC(CC)c1cncn1[C@@H]1CCCC[C@H]1N. The highest BCUT2D eigenvalue weighted by molar-refractivity contribution is 5.08. The second-order valence-electron chi connectivity index (χ2n) is 5.25. The Bertz CT molecular complexity index is 341. The molecule has 3 heteroatoms. The van der Waals surface area contributed by atoms with Crippen molar-refractivity contribution in [2.75, 3.05) is 0 Å². The zero-order valence-electron chi connectivity index (χ0n) is 11.1. The van der Waals surface area contributed by atoms with Crippen molar-refractivity contribution < 1.29 is 0 Å². The van der Waals surface area contributed by atoms with Crippen LogP contribution in [-0.2, 0) is 0 Å². The molecule has 0 saturated heterocycles. The summed E-state index contributed by atoms with van der Waals surface area (Å²) in [6, 6.07) is 0.785. The Morgan fingerprint density at radius 1 is 1.35 bits per heavy atom. The standard InChI is InChI=1S/C14H25N3/c1-3-11(4-2)14-9-16-10-17(14)13-8-6-5-7-12(13)15/h9-13H,3-8,15H2,1-2H3/t12-,13-/m1/s1. The lowest BCUT2D eigenvalue weighted by molar-refractivity contribution is 0.296. The normalized spacial score (nSPS) is 25.4. The zero-order chi connectivity index (χ0) is 12.3. The Kier molecular flexibility index (Phi) is 4.21. The summed E-state index contributed by atoms with van der Waals surface area (Å²) >= 11 is 0. The molecule has 2 rings (SSSR count). The molecule has 0 spiro atoms. The van der Waals surface area contributed by atoms with E-state index in [4.69, 9.17) is 5.73 Å².